The van der Waals surface area contributed by atoms with E-state index in [0.29, 0.717) is 13.0 Å². The topological polar surface area (TPSA) is 110 Å². The molecule has 0 fully saturated rings. The number of hydrogen-bond acceptors (Lipinski definition) is 5. The number of sulfonamides is 2. The summed E-state index contributed by atoms with van der Waals surface area (Å²) in [4.78, 5) is 4.05. The Morgan fingerprint density at radius 1 is 0.931 bits per heavy atom. The minimum atomic E-state index is -3.33. The van der Waals surface area contributed by atoms with Gasteiger partial charge in [-0.3, -0.25) is 4.98 Å². The molecule has 1 aromatic carbocycles. The molecule has 8 nitrogen and oxygen atoms in total. The van der Waals surface area contributed by atoms with Gasteiger partial charge in [-0.2, -0.15) is 0 Å². The second-order valence-electron chi connectivity index (χ2n) is 6.62. The second-order valence-corrected chi connectivity index (χ2v) is 10.7. The van der Waals surface area contributed by atoms with Crippen LogP contribution in [0.1, 0.15) is 5.56 Å². The molecule has 0 aliphatic carbocycles. The van der Waals surface area contributed by atoms with Crippen LogP contribution in [-0.4, -0.2) is 52.0 Å². The molecule has 3 aromatic rings. The number of benzene rings is 1. The van der Waals surface area contributed by atoms with Gasteiger partial charge in [0.2, 0.25) is 20.0 Å². The van der Waals surface area contributed by atoms with Crippen molar-refractivity contribution in [3.63, 3.8) is 0 Å². The lowest BCUT2D eigenvalue weighted by Crippen LogP contribution is -2.24. The average Bonchev–Trinajstić information content (AvgIpc) is 3.09. The fourth-order valence-corrected chi connectivity index (χ4v) is 4.47. The van der Waals surface area contributed by atoms with Crippen molar-refractivity contribution >= 4 is 30.9 Å². The summed E-state index contributed by atoms with van der Waals surface area (Å²) in [5.41, 5.74) is 3.69. The normalized spacial score (nSPS) is 12.5. The zero-order valence-corrected chi connectivity index (χ0v) is 17.9. The molecule has 0 spiro atoms. The van der Waals surface area contributed by atoms with E-state index < -0.39 is 20.0 Å². The molecule has 156 valence electrons. The molecule has 0 radical (unpaired) electrons. The van der Waals surface area contributed by atoms with Gasteiger partial charge in [-0.15, -0.1) is 0 Å². The highest BCUT2D eigenvalue weighted by atomic mass is 32.2. The first-order valence-electron chi connectivity index (χ1n) is 9.09. The van der Waals surface area contributed by atoms with Crippen LogP contribution < -0.4 is 9.44 Å². The Balaban J connectivity index is 2.02. The van der Waals surface area contributed by atoms with Crippen molar-refractivity contribution in [2.75, 3.05) is 25.6 Å². The standard InChI is InChI=1S/C19H24N4O4S2/c1-20-28(24,25)11-7-15-3-4-19-17(13-15)18(16-5-8-22-9-6-16)14-23(19)10-12-29(26,27)21-2/h3-6,8-9,13-14,20-21H,7,10-12H2,1-2H3. The maximum absolute atomic E-state index is 11.9. The second kappa shape index (κ2) is 8.62. The highest BCUT2D eigenvalue weighted by Crippen LogP contribution is 2.31. The Labute approximate surface area is 171 Å². The quantitative estimate of drug-likeness (QED) is 0.526. The Bertz CT molecular complexity index is 1200. The Morgan fingerprint density at radius 3 is 2.24 bits per heavy atom. The third kappa shape index (κ3) is 5.21. The van der Waals surface area contributed by atoms with Crippen molar-refractivity contribution in [2.45, 2.75) is 13.0 Å². The molecular formula is C19H24N4O4S2. The van der Waals surface area contributed by atoms with Crippen LogP contribution in [0.4, 0.5) is 0 Å². The van der Waals surface area contributed by atoms with E-state index in [0.717, 1.165) is 27.6 Å². The number of aryl methyl sites for hydroxylation is 2. The van der Waals surface area contributed by atoms with E-state index in [9.17, 15) is 16.8 Å². The molecule has 0 aliphatic rings. The molecule has 29 heavy (non-hydrogen) atoms. The van der Waals surface area contributed by atoms with Crippen molar-refractivity contribution < 1.29 is 16.8 Å². The van der Waals surface area contributed by atoms with Gasteiger partial charge in [-0.05, 0) is 55.9 Å². The fraction of sp³-hybridized carbons (Fsp3) is 0.316. The van der Waals surface area contributed by atoms with Gasteiger partial charge in [-0.25, -0.2) is 26.3 Å². The summed E-state index contributed by atoms with van der Waals surface area (Å²) >= 11 is 0. The molecule has 2 N–H and O–H groups in total. The van der Waals surface area contributed by atoms with Gasteiger partial charge in [0.15, 0.2) is 0 Å². The van der Waals surface area contributed by atoms with E-state index in [1.165, 1.54) is 14.1 Å². The van der Waals surface area contributed by atoms with Crippen LogP contribution >= 0.6 is 0 Å². The van der Waals surface area contributed by atoms with E-state index in [4.69, 9.17) is 0 Å². The highest BCUT2D eigenvalue weighted by Gasteiger charge is 2.15. The lowest BCUT2D eigenvalue weighted by molar-refractivity contribution is 0.582. The Kier molecular flexibility index (Phi) is 6.37. The van der Waals surface area contributed by atoms with Crippen LogP contribution in [0.15, 0.2) is 48.9 Å². The SMILES string of the molecule is CNS(=O)(=O)CCc1ccc2c(c1)c(-c1ccncc1)cn2CCS(=O)(=O)NC. The number of pyridine rings is 1. The molecule has 3 rings (SSSR count). The Morgan fingerprint density at radius 2 is 1.59 bits per heavy atom. The average molecular weight is 437 g/mol. The summed E-state index contributed by atoms with van der Waals surface area (Å²) in [6.07, 6.45) is 5.72. The third-order valence-electron chi connectivity index (χ3n) is 4.82. The predicted octanol–water partition coefficient (Wildman–Crippen LogP) is 1.34. The van der Waals surface area contributed by atoms with E-state index in [-0.39, 0.29) is 11.5 Å². The zero-order chi connectivity index (χ0) is 21.1. The summed E-state index contributed by atoms with van der Waals surface area (Å²) in [6.45, 7) is 0.304. The lowest BCUT2D eigenvalue weighted by atomic mass is 10.0. The largest absolute Gasteiger partial charge is 0.346 e. The first-order valence-corrected chi connectivity index (χ1v) is 12.4. The molecule has 2 aromatic heterocycles. The van der Waals surface area contributed by atoms with Gasteiger partial charge >= 0.3 is 0 Å². The van der Waals surface area contributed by atoms with Crippen molar-refractivity contribution in [3.05, 3.63) is 54.5 Å². The summed E-state index contributed by atoms with van der Waals surface area (Å²) in [7, 11) is -3.82. The third-order valence-corrected chi connectivity index (χ3v) is 7.52. The van der Waals surface area contributed by atoms with Gasteiger partial charge in [0, 0.05) is 41.6 Å². The molecule has 0 saturated heterocycles. The van der Waals surface area contributed by atoms with Gasteiger partial charge in [0.05, 0.1) is 11.5 Å². The summed E-state index contributed by atoms with van der Waals surface area (Å²) in [6, 6.07) is 9.54. The van der Waals surface area contributed by atoms with Crippen LogP contribution in [0.25, 0.3) is 22.0 Å². The molecular weight excluding hydrogens is 412 g/mol. The first-order chi connectivity index (χ1) is 13.7. The minimum absolute atomic E-state index is 0.000713. The molecule has 0 saturated carbocycles. The number of rotatable bonds is 9. The summed E-state index contributed by atoms with van der Waals surface area (Å²) in [5, 5.41) is 0.942. The zero-order valence-electron chi connectivity index (χ0n) is 16.3. The maximum Gasteiger partial charge on any atom is 0.213 e. The van der Waals surface area contributed by atoms with Crippen LogP contribution in [0, 0.1) is 0 Å². The minimum Gasteiger partial charge on any atom is -0.346 e. The molecule has 0 unspecified atom stereocenters. The summed E-state index contributed by atoms with van der Waals surface area (Å²) in [5.74, 6) is -0.0358. The van der Waals surface area contributed by atoms with Crippen LogP contribution in [0.3, 0.4) is 0 Å². The first kappa shape index (κ1) is 21.4. The van der Waals surface area contributed by atoms with Crippen LogP contribution in [-0.2, 0) is 33.0 Å². The molecule has 10 heteroatoms. The van der Waals surface area contributed by atoms with Gasteiger partial charge in [0.25, 0.3) is 0 Å². The molecule has 0 atom stereocenters. The van der Waals surface area contributed by atoms with Crippen molar-refractivity contribution in [3.8, 4) is 11.1 Å². The van der Waals surface area contributed by atoms with E-state index in [2.05, 4.69) is 14.4 Å². The predicted molar refractivity (Wildman–Crippen MR) is 115 cm³/mol. The molecule has 2 heterocycles. The van der Waals surface area contributed by atoms with Gasteiger partial charge in [0.1, 0.15) is 0 Å². The fourth-order valence-electron chi connectivity index (χ4n) is 3.12. The molecule has 0 aliphatic heterocycles. The number of aromatic nitrogens is 2. The van der Waals surface area contributed by atoms with E-state index >= 15 is 0 Å². The monoisotopic (exact) mass is 436 g/mol. The number of nitrogens with one attached hydrogen (secondary N) is 2. The number of fused-ring (bicyclic) bond motifs is 1. The Hall–Kier alpha value is -2.27. The number of hydrogen-bond donors (Lipinski definition) is 2. The van der Waals surface area contributed by atoms with Crippen LogP contribution in [0.2, 0.25) is 0 Å². The maximum atomic E-state index is 11.9. The van der Waals surface area contributed by atoms with Crippen molar-refractivity contribution in [2.24, 2.45) is 0 Å². The lowest BCUT2D eigenvalue weighted by Gasteiger charge is -2.07. The van der Waals surface area contributed by atoms with Crippen LogP contribution in [0.5, 0.6) is 0 Å². The van der Waals surface area contributed by atoms with Crippen molar-refractivity contribution in [1.82, 2.24) is 19.0 Å². The smallest absolute Gasteiger partial charge is 0.213 e. The molecule has 0 bridgehead atoms. The van der Waals surface area contributed by atoms with Gasteiger partial charge < -0.3 is 4.57 Å². The van der Waals surface area contributed by atoms with Crippen molar-refractivity contribution in [1.29, 1.82) is 0 Å². The number of nitrogens with zero attached hydrogens (tertiary/aromatic N) is 2. The van der Waals surface area contributed by atoms with Gasteiger partial charge in [-0.1, -0.05) is 6.07 Å². The van der Waals surface area contributed by atoms with E-state index in [1.807, 2.05) is 41.1 Å². The summed E-state index contributed by atoms with van der Waals surface area (Å²) < 4.78 is 53.8. The highest BCUT2D eigenvalue weighted by molar-refractivity contribution is 7.89. The van der Waals surface area contributed by atoms with E-state index in [1.54, 1.807) is 12.4 Å². The molecule has 0 amide bonds.